The minimum absolute atomic E-state index is 0.100. The number of carbonyl (C=O) groups excluding carboxylic acids is 1. The second-order valence-corrected chi connectivity index (χ2v) is 6.23. The van der Waals surface area contributed by atoms with Crippen molar-refractivity contribution in [1.29, 1.82) is 0 Å². The van der Waals surface area contributed by atoms with Crippen LogP contribution in [-0.2, 0) is 0 Å². The summed E-state index contributed by atoms with van der Waals surface area (Å²) in [5, 5.41) is 0. The van der Waals surface area contributed by atoms with Crippen LogP contribution in [0.1, 0.15) is 41.6 Å². The fourth-order valence-corrected chi connectivity index (χ4v) is 3.34. The van der Waals surface area contributed by atoms with Crippen LogP contribution in [-0.4, -0.2) is 29.3 Å². The Labute approximate surface area is 128 Å². The van der Waals surface area contributed by atoms with E-state index in [4.69, 9.17) is 11.6 Å². The first kappa shape index (κ1) is 14.9. The molecule has 1 aromatic carbocycles. The molecule has 2 nitrogen and oxygen atoms in total. The lowest BCUT2D eigenvalue weighted by atomic mass is 10.1. The molecule has 0 radical (unpaired) electrons. The van der Waals surface area contributed by atoms with E-state index in [0.29, 0.717) is 18.5 Å². The largest absolute Gasteiger partial charge is 0.334 e. The fourth-order valence-electron chi connectivity index (χ4n) is 2.72. The maximum absolute atomic E-state index is 12.7. The molecule has 104 valence electrons. The van der Waals surface area contributed by atoms with Gasteiger partial charge >= 0.3 is 0 Å². The van der Waals surface area contributed by atoms with Crippen molar-refractivity contribution in [3.05, 3.63) is 33.8 Å². The van der Waals surface area contributed by atoms with Gasteiger partial charge in [-0.05, 0) is 47.3 Å². The Kier molecular flexibility index (Phi) is 5.28. The first-order valence-corrected chi connectivity index (χ1v) is 8.10. The monoisotopic (exact) mass is 343 g/mol. The van der Waals surface area contributed by atoms with Crippen molar-refractivity contribution in [2.45, 2.75) is 38.6 Å². The number of halogens is 2. The minimum Gasteiger partial charge on any atom is -0.334 e. The number of amides is 1. The Morgan fingerprint density at radius 1 is 1.42 bits per heavy atom. The van der Waals surface area contributed by atoms with Gasteiger partial charge in [0.15, 0.2) is 0 Å². The minimum atomic E-state index is 0.100. The molecule has 0 unspecified atom stereocenters. The quantitative estimate of drug-likeness (QED) is 0.742. The molecule has 0 saturated heterocycles. The summed E-state index contributed by atoms with van der Waals surface area (Å²) in [7, 11) is 0. The van der Waals surface area contributed by atoms with Crippen LogP contribution in [0, 0.1) is 6.92 Å². The van der Waals surface area contributed by atoms with Gasteiger partial charge in [-0.1, -0.05) is 25.0 Å². The third-order valence-electron chi connectivity index (χ3n) is 3.77. The zero-order valence-electron chi connectivity index (χ0n) is 11.2. The molecule has 1 amide bonds. The summed E-state index contributed by atoms with van der Waals surface area (Å²) in [6.45, 7) is 2.63. The Hall–Kier alpha value is -0.540. The second-order valence-electron chi connectivity index (χ2n) is 5.06. The van der Waals surface area contributed by atoms with Crippen molar-refractivity contribution >= 4 is 33.4 Å². The predicted octanol–water partition coefficient (Wildman–Crippen LogP) is 4.38. The molecule has 0 aromatic heterocycles. The Morgan fingerprint density at radius 3 is 2.74 bits per heavy atom. The molecule has 0 aliphatic heterocycles. The maximum atomic E-state index is 12.7. The van der Waals surface area contributed by atoms with Crippen LogP contribution < -0.4 is 0 Å². The highest BCUT2D eigenvalue weighted by molar-refractivity contribution is 9.10. The van der Waals surface area contributed by atoms with Crippen LogP contribution >= 0.6 is 27.5 Å². The summed E-state index contributed by atoms with van der Waals surface area (Å²) in [6.07, 6.45) is 4.63. The van der Waals surface area contributed by atoms with Crippen molar-refractivity contribution in [3.63, 3.8) is 0 Å². The molecule has 1 fully saturated rings. The molecule has 0 bridgehead atoms. The van der Waals surface area contributed by atoms with Crippen molar-refractivity contribution < 1.29 is 4.79 Å². The van der Waals surface area contributed by atoms with Crippen LogP contribution in [0.5, 0.6) is 0 Å². The lowest BCUT2D eigenvalue weighted by Gasteiger charge is -2.29. The smallest absolute Gasteiger partial charge is 0.255 e. The number of carbonyl (C=O) groups is 1. The Balaban J connectivity index is 2.25. The van der Waals surface area contributed by atoms with E-state index >= 15 is 0 Å². The van der Waals surface area contributed by atoms with Gasteiger partial charge in [-0.25, -0.2) is 0 Å². The van der Waals surface area contributed by atoms with E-state index < -0.39 is 0 Å². The van der Waals surface area contributed by atoms with Gasteiger partial charge in [0, 0.05) is 22.9 Å². The molecule has 0 heterocycles. The van der Waals surface area contributed by atoms with E-state index in [1.165, 1.54) is 12.8 Å². The maximum Gasteiger partial charge on any atom is 0.255 e. The fraction of sp³-hybridized carbons (Fsp3) is 0.533. The Morgan fingerprint density at radius 2 is 2.11 bits per heavy atom. The van der Waals surface area contributed by atoms with Crippen molar-refractivity contribution in [3.8, 4) is 0 Å². The third-order valence-corrected chi connectivity index (χ3v) is 5.00. The van der Waals surface area contributed by atoms with E-state index in [1.807, 2.05) is 30.0 Å². The van der Waals surface area contributed by atoms with Crippen LogP contribution in [0.4, 0.5) is 0 Å². The molecule has 0 spiro atoms. The van der Waals surface area contributed by atoms with Gasteiger partial charge < -0.3 is 4.90 Å². The average molecular weight is 345 g/mol. The molecule has 2 rings (SSSR count). The molecule has 4 heteroatoms. The average Bonchev–Trinajstić information content (AvgIpc) is 2.92. The number of hydrogen-bond donors (Lipinski definition) is 0. The van der Waals surface area contributed by atoms with Gasteiger partial charge in [-0.3, -0.25) is 4.79 Å². The van der Waals surface area contributed by atoms with Crippen LogP contribution in [0.25, 0.3) is 0 Å². The Bertz CT molecular complexity index is 457. The third kappa shape index (κ3) is 3.32. The second kappa shape index (κ2) is 6.76. The lowest BCUT2D eigenvalue weighted by molar-refractivity contribution is 0.0694. The van der Waals surface area contributed by atoms with Gasteiger partial charge in [-0.15, -0.1) is 11.6 Å². The summed E-state index contributed by atoms with van der Waals surface area (Å²) in [5.41, 5.74) is 1.83. The van der Waals surface area contributed by atoms with Crippen molar-refractivity contribution in [2.24, 2.45) is 0 Å². The van der Waals surface area contributed by atoms with Gasteiger partial charge in [0.2, 0.25) is 0 Å². The number of aryl methyl sites for hydroxylation is 1. The number of benzene rings is 1. The molecule has 19 heavy (non-hydrogen) atoms. The first-order valence-electron chi connectivity index (χ1n) is 6.77. The van der Waals surface area contributed by atoms with Gasteiger partial charge in [-0.2, -0.15) is 0 Å². The standard InChI is InChI=1S/C15H19BrClNO/c1-11-5-4-8-13(14(11)16)15(19)18(10-9-17)12-6-2-3-7-12/h4-5,8,12H,2-3,6-7,9-10H2,1H3. The van der Waals surface area contributed by atoms with E-state index in [0.717, 1.165) is 28.4 Å². The van der Waals surface area contributed by atoms with E-state index in [-0.39, 0.29) is 5.91 Å². The summed E-state index contributed by atoms with van der Waals surface area (Å²) < 4.78 is 0.901. The molecular formula is C15H19BrClNO. The first-order chi connectivity index (χ1) is 9.15. The highest BCUT2D eigenvalue weighted by atomic mass is 79.9. The lowest BCUT2D eigenvalue weighted by Crippen LogP contribution is -2.40. The number of nitrogens with zero attached hydrogens (tertiary/aromatic N) is 1. The van der Waals surface area contributed by atoms with E-state index in [9.17, 15) is 4.79 Å². The van der Waals surface area contributed by atoms with E-state index in [1.54, 1.807) is 0 Å². The van der Waals surface area contributed by atoms with Gasteiger partial charge in [0.25, 0.3) is 5.91 Å². The van der Waals surface area contributed by atoms with Gasteiger partial charge in [0.1, 0.15) is 0 Å². The highest BCUT2D eigenvalue weighted by Crippen LogP contribution is 2.28. The molecular weight excluding hydrogens is 326 g/mol. The van der Waals surface area contributed by atoms with Gasteiger partial charge in [0.05, 0.1) is 5.56 Å². The SMILES string of the molecule is Cc1cccc(C(=O)N(CCCl)C2CCCC2)c1Br. The summed E-state index contributed by atoms with van der Waals surface area (Å²) in [6, 6.07) is 6.18. The van der Waals surface area contributed by atoms with E-state index in [2.05, 4.69) is 15.9 Å². The molecule has 1 aliphatic rings. The number of hydrogen-bond acceptors (Lipinski definition) is 1. The van der Waals surface area contributed by atoms with Crippen molar-refractivity contribution in [2.75, 3.05) is 12.4 Å². The summed E-state index contributed by atoms with van der Waals surface area (Å²) in [4.78, 5) is 14.7. The number of alkyl halides is 1. The zero-order valence-corrected chi connectivity index (χ0v) is 13.5. The molecule has 1 saturated carbocycles. The molecule has 0 atom stereocenters. The molecule has 1 aliphatic carbocycles. The highest BCUT2D eigenvalue weighted by Gasteiger charge is 2.28. The van der Waals surface area contributed by atoms with Crippen LogP contribution in [0.3, 0.4) is 0 Å². The zero-order chi connectivity index (χ0) is 13.8. The van der Waals surface area contributed by atoms with Crippen molar-refractivity contribution in [1.82, 2.24) is 4.90 Å². The summed E-state index contributed by atoms with van der Waals surface area (Å²) >= 11 is 9.40. The van der Waals surface area contributed by atoms with Crippen LogP contribution in [0.15, 0.2) is 22.7 Å². The number of rotatable bonds is 4. The molecule has 1 aromatic rings. The molecule has 0 N–H and O–H groups in total. The predicted molar refractivity (Wildman–Crippen MR) is 82.9 cm³/mol. The topological polar surface area (TPSA) is 20.3 Å². The van der Waals surface area contributed by atoms with Crippen LogP contribution in [0.2, 0.25) is 0 Å². The summed E-state index contributed by atoms with van der Waals surface area (Å²) in [5.74, 6) is 0.592. The normalized spacial score (nSPS) is 15.7.